The van der Waals surface area contributed by atoms with Crippen molar-refractivity contribution >= 4 is 22.5 Å². The van der Waals surface area contributed by atoms with Gasteiger partial charge in [-0.15, -0.1) is 0 Å². The number of aromatic amines is 1. The molecule has 0 saturated carbocycles. The number of rotatable bonds is 3. The summed E-state index contributed by atoms with van der Waals surface area (Å²) in [6, 6.07) is 8.09. The molecule has 0 aliphatic carbocycles. The van der Waals surface area contributed by atoms with E-state index < -0.39 is 0 Å². The van der Waals surface area contributed by atoms with E-state index in [1.54, 1.807) is 6.20 Å². The summed E-state index contributed by atoms with van der Waals surface area (Å²) in [6.07, 6.45) is 4.07. The summed E-state index contributed by atoms with van der Waals surface area (Å²) >= 11 is 0. The lowest BCUT2D eigenvalue weighted by Gasteiger charge is -2.05. The molecule has 102 valence electrons. The number of benzene rings is 1. The zero-order valence-electron chi connectivity index (χ0n) is 11.5. The van der Waals surface area contributed by atoms with Gasteiger partial charge in [0, 0.05) is 42.3 Å². The van der Waals surface area contributed by atoms with E-state index >= 15 is 0 Å². The summed E-state index contributed by atoms with van der Waals surface area (Å²) in [5, 5.41) is 8.10. The van der Waals surface area contributed by atoms with Gasteiger partial charge in [-0.05, 0) is 18.2 Å². The van der Waals surface area contributed by atoms with Gasteiger partial charge in [0.15, 0.2) is 0 Å². The summed E-state index contributed by atoms with van der Waals surface area (Å²) in [5.74, 6) is 0.0110. The average Bonchev–Trinajstić information content (AvgIpc) is 3.05. The van der Waals surface area contributed by atoms with Crippen LogP contribution in [0.4, 0.5) is 5.69 Å². The third-order valence-corrected chi connectivity index (χ3v) is 3.39. The quantitative estimate of drug-likeness (QED) is 0.767. The first-order valence-electron chi connectivity index (χ1n) is 6.58. The molecule has 5 heteroatoms. The van der Waals surface area contributed by atoms with E-state index in [1.807, 2.05) is 43.0 Å². The van der Waals surface area contributed by atoms with Crippen molar-refractivity contribution in [3.8, 4) is 11.3 Å². The van der Waals surface area contributed by atoms with Gasteiger partial charge in [-0.3, -0.25) is 9.48 Å². The second-order valence-corrected chi connectivity index (χ2v) is 4.70. The van der Waals surface area contributed by atoms with Crippen molar-refractivity contribution in [3.63, 3.8) is 0 Å². The molecule has 1 amide bonds. The van der Waals surface area contributed by atoms with Crippen LogP contribution in [-0.4, -0.2) is 20.7 Å². The normalized spacial score (nSPS) is 10.9. The largest absolute Gasteiger partial charge is 0.359 e. The van der Waals surface area contributed by atoms with Crippen LogP contribution in [0.25, 0.3) is 22.2 Å². The van der Waals surface area contributed by atoms with E-state index in [0.29, 0.717) is 6.42 Å². The number of H-pyrrole nitrogens is 1. The van der Waals surface area contributed by atoms with Crippen molar-refractivity contribution in [1.82, 2.24) is 14.8 Å². The van der Waals surface area contributed by atoms with Gasteiger partial charge in [0.2, 0.25) is 5.91 Å². The van der Waals surface area contributed by atoms with Gasteiger partial charge in [0.1, 0.15) is 0 Å². The average molecular weight is 268 g/mol. The van der Waals surface area contributed by atoms with Crippen LogP contribution < -0.4 is 5.32 Å². The van der Waals surface area contributed by atoms with E-state index in [-0.39, 0.29) is 5.91 Å². The van der Waals surface area contributed by atoms with Crippen molar-refractivity contribution in [2.45, 2.75) is 13.3 Å². The molecule has 2 heterocycles. The lowest BCUT2D eigenvalue weighted by molar-refractivity contribution is -0.115. The molecule has 3 aromatic rings. The molecule has 5 nitrogen and oxygen atoms in total. The van der Waals surface area contributed by atoms with E-state index in [9.17, 15) is 4.79 Å². The SMILES string of the molecule is CCC(=O)Nc1c[nH]c2ccc(-c3ccnn3C)cc12. The molecule has 0 aliphatic heterocycles. The molecule has 0 bridgehead atoms. The number of amides is 1. The molecule has 0 fully saturated rings. The number of aromatic nitrogens is 3. The fraction of sp³-hybridized carbons (Fsp3) is 0.200. The molecule has 0 radical (unpaired) electrons. The van der Waals surface area contributed by atoms with Crippen LogP contribution in [0.2, 0.25) is 0 Å². The first-order chi connectivity index (χ1) is 9.69. The Kier molecular flexibility index (Phi) is 3.02. The Bertz CT molecular complexity index is 769. The minimum absolute atomic E-state index is 0.0110. The van der Waals surface area contributed by atoms with Gasteiger partial charge < -0.3 is 10.3 Å². The molecule has 2 aromatic heterocycles. The predicted molar refractivity (Wildman–Crippen MR) is 79.4 cm³/mol. The highest BCUT2D eigenvalue weighted by Gasteiger charge is 2.09. The number of hydrogen-bond donors (Lipinski definition) is 2. The van der Waals surface area contributed by atoms with Gasteiger partial charge in [-0.2, -0.15) is 5.10 Å². The van der Waals surface area contributed by atoms with Crippen LogP contribution in [-0.2, 0) is 11.8 Å². The molecular weight excluding hydrogens is 252 g/mol. The lowest BCUT2D eigenvalue weighted by Crippen LogP contribution is -2.08. The highest BCUT2D eigenvalue weighted by Crippen LogP contribution is 2.28. The van der Waals surface area contributed by atoms with Crippen molar-refractivity contribution in [2.24, 2.45) is 7.05 Å². The van der Waals surface area contributed by atoms with E-state index in [0.717, 1.165) is 27.8 Å². The maximum atomic E-state index is 11.6. The van der Waals surface area contributed by atoms with E-state index in [1.165, 1.54) is 0 Å². The topological polar surface area (TPSA) is 62.7 Å². The number of anilines is 1. The first kappa shape index (κ1) is 12.5. The van der Waals surface area contributed by atoms with Gasteiger partial charge in [0.05, 0.1) is 11.4 Å². The second kappa shape index (κ2) is 4.85. The monoisotopic (exact) mass is 268 g/mol. The molecule has 0 aliphatic rings. The number of nitrogens with one attached hydrogen (secondary N) is 2. The van der Waals surface area contributed by atoms with Gasteiger partial charge in [-0.25, -0.2) is 0 Å². The Morgan fingerprint density at radius 1 is 1.40 bits per heavy atom. The van der Waals surface area contributed by atoms with Gasteiger partial charge in [0.25, 0.3) is 0 Å². The van der Waals surface area contributed by atoms with Gasteiger partial charge >= 0.3 is 0 Å². The standard InChI is InChI=1S/C15H16N4O/c1-3-15(20)18-13-9-16-12-5-4-10(8-11(12)13)14-6-7-17-19(14)2/h4-9,16H,3H2,1-2H3,(H,18,20). The molecular formula is C15H16N4O. The van der Waals surface area contributed by atoms with Crippen LogP contribution in [0.15, 0.2) is 36.7 Å². The minimum atomic E-state index is 0.0110. The second-order valence-electron chi connectivity index (χ2n) is 4.70. The fourth-order valence-corrected chi connectivity index (χ4v) is 2.28. The Labute approximate surface area is 116 Å². The summed E-state index contributed by atoms with van der Waals surface area (Å²) in [7, 11) is 1.91. The summed E-state index contributed by atoms with van der Waals surface area (Å²) < 4.78 is 1.83. The smallest absolute Gasteiger partial charge is 0.224 e. The van der Waals surface area contributed by atoms with Crippen molar-refractivity contribution in [3.05, 3.63) is 36.7 Å². The minimum Gasteiger partial charge on any atom is -0.359 e. The third-order valence-electron chi connectivity index (χ3n) is 3.39. The Hall–Kier alpha value is -2.56. The highest BCUT2D eigenvalue weighted by atomic mass is 16.1. The van der Waals surface area contributed by atoms with Crippen molar-refractivity contribution < 1.29 is 4.79 Å². The third kappa shape index (κ3) is 2.07. The van der Waals surface area contributed by atoms with E-state index in [2.05, 4.69) is 21.5 Å². The Morgan fingerprint density at radius 2 is 2.25 bits per heavy atom. The summed E-state index contributed by atoms with van der Waals surface area (Å²) in [6.45, 7) is 1.84. The van der Waals surface area contributed by atoms with Gasteiger partial charge in [-0.1, -0.05) is 13.0 Å². The molecule has 0 unspecified atom stereocenters. The summed E-state index contributed by atoms with van der Waals surface area (Å²) in [5.41, 5.74) is 3.93. The fourth-order valence-electron chi connectivity index (χ4n) is 2.28. The van der Waals surface area contributed by atoms with Crippen molar-refractivity contribution in [1.29, 1.82) is 0 Å². The number of nitrogens with zero attached hydrogens (tertiary/aromatic N) is 2. The first-order valence-corrected chi connectivity index (χ1v) is 6.58. The Balaban J connectivity index is 2.07. The number of hydrogen-bond acceptors (Lipinski definition) is 2. The van der Waals surface area contributed by atoms with Crippen LogP contribution in [0.5, 0.6) is 0 Å². The molecule has 2 N–H and O–H groups in total. The maximum Gasteiger partial charge on any atom is 0.224 e. The number of carbonyl (C=O) groups is 1. The number of fused-ring (bicyclic) bond motifs is 1. The maximum absolute atomic E-state index is 11.6. The molecule has 0 spiro atoms. The van der Waals surface area contributed by atoms with Crippen LogP contribution in [0, 0.1) is 0 Å². The van der Waals surface area contributed by atoms with Crippen LogP contribution in [0.1, 0.15) is 13.3 Å². The Morgan fingerprint density at radius 3 is 2.95 bits per heavy atom. The molecule has 0 atom stereocenters. The molecule has 1 aromatic carbocycles. The zero-order valence-corrected chi connectivity index (χ0v) is 11.5. The molecule has 0 saturated heterocycles. The number of aryl methyl sites for hydroxylation is 1. The van der Waals surface area contributed by atoms with Crippen LogP contribution >= 0.6 is 0 Å². The predicted octanol–water partition coefficient (Wildman–Crippen LogP) is 2.92. The molecule has 20 heavy (non-hydrogen) atoms. The van der Waals surface area contributed by atoms with E-state index in [4.69, 9.17) is 0 Å². The van der Waals surface area contributed by atoms with Crippen LogP contribution in [0.3, 0.4) is 0 Å². The highest BCUT2D eigenvalue weighted by molar-refractivity contribution is 6.02. The summed E-state index contributed by atoms with van der Waals surface area (Å²) in [4.78, 5) is 14.7. The number of carbonyl (C=O) groups excluding carboxylic acids is 1. The zero-order chi connectivity index (χ0) is 14.1. The molecule has 3 rings (SSSR count). The lowest BCUT2D eigenvalue weighted by atomic mass is 10.1. The van der Waals surface area contributed by atoms with Crippen molar-refractivity contribution in [2.75, 3.05) is 5.32 Å².